The van der Waals surface area contributed by atoms with Crippen LogP contribution in [0.4, 0.5) is 5.82 Å². The van der Waals surface area contributed by atoms with Crippen molar-refractivity contribution in [3.8, 4) is 27.7 Å². The average Bonchev–Trinajstić information content (AvgIpc) is 3.57. The molecule has 0 saturated heterocycles. The van der Waals surface area contributed by atoms with E-state index in [9.17, 15) is 0 Å². The molecule has 0 spiro atoms. The number of rotatable bonds is 9. The van der Waals surface area contributed by atoms with Crippen LogP contribution in [0.3, 0.4) is 0 Å². The molecule has 0 aliphatic carbocycles. The first kappa shape index (κ1) is 22.8. The summed E-state index contributed by atoms with van der Waals surface area (Å²) in [6.45, 7) is 1.41. The summed E-state index contributed by atoms with van der Waals surface area (Å²) in [5, 5.41) is 0. The second-order valence-corrected chi connectivity index (χ2v) is 8.81. The molecule has 35 heavy (non-hydrogen) atoms. The Kier molecular flexibility index (Phi) is 6.58. The molecule has 180 valence electrons. The van der Waals surface area contributed by atoms with Crippen molar-refractivity contribution < 1.29 is 23.7 Å². The molecule has 0 amide bonds. The topological polar surface area (TPSA) is 75.2 Å². The van der Waals surface area contributed by atoms with Crippen molar-refractivity contribution in [2.24, 2.45) is 0 Å². The SMILES string of the molecule is COc1ccc(-c2cc3ncnc(N(CC4=COCO4)Cc4ccccc4)c3s2)c(OC)c1OC. The zero-order valence-corrected chi connectivity index (χ0v) is 20.5. The van der Waals surface area contributed by atoms with Gasteiger partial charge in [-0.25, -0.2) is 9.97 Å². The molecule has 2 aromatic carbocycles. The van der Waals surface area contributed by atoms with Gasteiger partial charge in [-0.15, -0.1) is 11.3 Å². The number of methoxy groups -OCH3 is 3. The second-order valence-electron chi connectivity index (χ2n) is 7.76. The molecular weight excluding hydrogens is 466 g/mol. The van der Waals surface area contributed by atoms with E-state index in [1.54, 1.807) is 45.3 Å². The van der Waals surface area contributed by atoms with Gasteiger partial charge in [0.05, 0.1) is 38.1 Å². The van der Waals surface area contributed by atoms with Crippen molar-refractivity contribution in [3.63, 3.8) is 0 Å². The number of nitrogens with zero attached hydrogens (tertiary/aromatic N) is 3. The number of ether oxygens (including phenoxy) is 5. The average molecular weight is 492 g/mol. The number of fused-ring (bicyclic) bond motifs is 1. The molecule has 0 fully saturated rings. The van der Waals surface area contributed by atoms with E-state index in [1.165, 1.54) is 0 Å². The summed E-state index contributed by atoms with van der Waals surface area (Å²) in [6, 6.07) is 16.2. The molecule has 2 aromatic heterocycles. The van der Waals surface area contributed by atoms with Gasteiger partial charge in [0, 0.05) is 17.0 Å². The Morgan fingerprint density at radius 2 is 1.77 bits per heavy atom. The third kappa shape index (κ3) is 4.54. The van der Waals surface area contributed by atoms with Crippen LogP contribution in [0.2, 0.25) is 0 Å². The first-order valence-corrected chi connectivity index (χ1v) is 11.8. The summed E-state index contributed by atoms with van der Waals surface area (Å²) in [6.07, 6.45) is 3.25. The molecule has 0 N–H and O–H groups in total. The van der Waals surface area contributed by atoms with E-state index in [-0.39, 0.29) is 6.79 Å². The van der Waals surface area contributed by atoms with Crippen LogP contribution in [-0.4, -0.2) is 44.6 Å². The van der Waals surface area contributed by atoms with E-state index in [4.69, 9.17) is 23.7 Å². The normalized spacial score (nSPS) is 12.6. The van der Waals surface area contributed by atoms with Crippen molar-refractivity contribution >= 4 is 27.4 Å². The van der Waals surface area contributed by atoms with Crippen LogP contribution in [0.5, 0.6) is 17.2 Å². The molecule has 0 atom stereocenters. The Morgan fingerprint density at radius 3 is 2.49 bits per heavy atom. The Labute approximate surface area is 207 Å². The standard InChI is InChI=1S/C26H25N3O5S/c1-30-21-10-9-19(23(31-2)24(21)32-3)22-11-20-25(35-22)26(28-15-27-20)29(13-18-14-33-16-34-18)12-17-7-5-4-6-8-17/h4-11,14-15H,12-13,16H2,1-3H3. The fourth-order valence-electron chi connectivity index (χ4n) is 4.05. The Balaban J connectivity index is 1.59. The van der Waals surface area contributed by atoms with E-state index in [0.29, 0.717) is 30.3 Å². The number of hydrogen-bond acceptors (Lipinski definition) is 9. The van der Waals surface area contributed by atoms with Crippen molar-refractivity contribution in [3.05, 3.63) is 72.4 Å². The monoisotopic (exact) mass is 491 g/mol. The second kappa shape index (κ2) is 10.1. The maximum absolute atomic E-state index is 5.72. The Bertz CT molecular complexity index is 1360. The van der Waals surface area contributed by atoms with Gasteiger partial charge in [-0.1, -0.05) is 30.3 Å². The van der Waals surface area contributed by atoms with Crippen LogP contribution < -0.4 is 19.1 Å². The summed E-state index contributed by atoms with van der Waals surface area (Å²) in [5.74, 6) is 3.34. The first-order valence-electron chi connectivity index (χ1n) is 11.0. The Hall–Kier alpha value is -3.98. The summed E-state index contributed by atoms with van der Waals surface area (Å²) in [4.78, 5) is 12.4. The van der Waals surface area contributed by atoms with Crippen LogP contribution in [0.15, 0.2) is 66.9 Å². The zero-order valence-electron chi connectivity index (χ0n) is 19.7. The summed E-state index contributed by atoms with van der Waals surface area (Å²) in [5.41, 5.74) is 2.91. The number of benzene rings is 2. The maximum atomic E-state index is 5.72. The fourth-order valence-corrected chi connectivity index (χ4v) is 5.20. The number of hydrogen-bond donors (Lipinski definition) is 0. The number of aromatic nitrogens is 2. The van der Waals surface area contributed by atoms with Crippen molar-refractivity contribution in [2.75, 3.05) is 39.6 Å². The third-order valence-corrected chi connectivity index (χ3v) is 6.81. The lowest BCUT2D eigenvalue weighted by atomic mass is 10.1. The predicted octanol–water partition coefficient (Wildman–Crippen LogP) is 5.24. The summed E-state index contributed by atoms with van der Waals surface area (Å²) in [7, 11) is 4.83. The van der Waals surface area contributed by atoms with Gasteiger partial charge < -0.3 is 28.6 Å². The van der Waals surface area contributed by atoms with Crippen LogP contribution in [-0.2, 0) is 16.0 Å². The molecule has 0 unspecified atom stereocenters. The van der Waals surface area contributed by atoms with Crippen LogP contribution in [0, 0.1) is 0 Å². The minimum Gasteiger partial charge on any atom is -0.493 e. The Morgan fingerprint density at radius 1 is 0.943 bits per heavy atom. The van der Waals surface area contributed by atoms with Gasteiger partial charge in [-0.05, 0) is 23.8 Å². The largest absolute Gasteiger partial charge is 0.493 e. The minimum atomic E-state index is 0.232. The molecule has 4 aromatic rings. The van der Waals surface area contributed by atoms with E-state index < -0.39 is 0 Å². The minimum absolute atomic E-state index is 0.232. The van der Waals surface area contributed by atoms with Crippen molar-refractivity contribution in [1.29, 1.82) is 0 Å². The van der Waals surface area contributed by atoms with Crippen molar-refractivity contribution in [1.82, 2.24) is 9.97 Å². The smallest absolute Gasteiger partial charge is 0.229 e. The predicted molar refractivity (Wildman–Crippen MR) is 135 cm³/mol. The third-order valence-electron chi connectivity index (χ3n) is 5.65. The molecule has 9 heteroatoms. The first-order chi connectivity index (χ1) is 17.2. The van der Waals surface area contributed by atoms with Gasteiger partial charge in [0.25, 0.3) is 0 Å². The van der Waals surface area contributed by atoms with Gasteiger partial charge in [0.2, 0.25) is 12.5 Å². The van der Waals surface area contributed by atoms with E-state index in [0.717, 1.165) is 37.8 Å². The van der Waals surface area contributed by atoms with E-state index in [2.05, 4.69) is 27.0 Å². The summed E-state index contributed by atoms with van der Waals surface area (Å²) < 4.78 is 28.6. The van der Waals surface area contributed by atoms with Gasteiger partial charge in [0.1, 0.15) is 12.6 Å². The number of anilines is 1. The molecule has 0 bridgehead atoms. The highest BCUT2D eigenvalue weighted by molar-refractivity contribution is 7.22. The molecule has 5 rings (SSSR count). The highest BCUT2D eigenvalue weighted by Gasteiger charge is 2.22. The molecule has 1 aliphatic rings. The summed E-state index contributed by atoms with van der Waals surface area (Å²) >= 11 is 1.60. The lowest BCUT2D eigenvalue weighted by Gasteiger charge is -2.24. The van der Waals surface area contributed by atoms with Gasteiger partial charge in [-0.2, -0.15) is 0 Å². The zero-order chi connectivity index (χ0) is 24.2. The molecule has 0 radical (unpaired) electrons. The van der Waals surface area contributed by atoms with Gasteiger partial charge >= 0.3 is 0 Å². The van der Waals surface area contributed by atoms with Crippen LogP contribution in [0.1, 0.15) is 5.56 Å². The maximum Gasteiger partial charge on any atom is 0.229 e. The van der Waals surface area contributed by atoms with Crippen molar-refractivity contribution in [2.45, 2.75) is 6.54 Å². The quantitative estimate of drug-likeness (QED) is 0.315. The fraction of sp³-hybridized carbons (Fsp3) is 0.231. The molecule has 3 heterocycles. The molecule has 8 nitrogen and oxygen atoms in total. The highest BCUT2D eigenvalue weighted by atomic mass is 32.1. The van der Waals surface area contributed by atoms with E-state index in [1.807, 2.05) is 36.4 Å². The van der Waals surface area contributed by atoms with E-state index >= 15 is 0 Å². The lowest BCUT2D eigenvalue weighted by Crippen LogP contribution is -2.26. The van der Waals surface area contributed by atoms with Crippen LogP contribution in [0.25, 0.3) is 20.7 Å². The lowest BCUT2D eigenvalue weighted by molar-refractivity contribution is 0.0797. The van der Waals surface area contributed by atoms with Gasteiger partial charge in [-0.3, -0.25) is 0 Å². The molecule has 1 aliphatic heterocycles. The highest BCUT2D eigenvalue weighted by Crippen LogP contribution is 2.47. The van der Waals surface area contributed by atoms with Crippen LogP contribution >= 0.6 is 11.3 Å². The molecule has 0 saturated carbocycles. The molecular formula is C26H25N3O5S. The van der Waals surface area contributed by atoms with Gasteiger partial charge in [0.15, 0.2) is 23.1 Å². The number of thiophene rings is 1.